The van der Waals surface area contributed by atoms with Crippen LogP contribution in [-0.4, -0.2) is 37.4 Å². The molecule has 2 atom stereocenters. The smallest absolute Gasteiger partial charge is 0.326 e. The molecule has 20 heavy (non-hydrogen) atoms. The summed E-state index contributed by atoms with van der Waals surface area (Å²) in [5.41, 5.74) is -0.274. The molecule has 0 aromatic rings. The van der Waals surface area contributed by atoms with Gasteiger partial charge in [0.25, 0.3) is 0 Å². The summed E-state index contributed by atoms with van der Waals surface area (Å²) in [5, 5.41) is 3.39. The SMILES string of the molecule is COC(=O)C1(NC(C)C)CCC(OCCC(C)(C)C)C1. The van der Waals surface area contributed by atoms with Gasteiger partial charge in [0.2, 0.25) is 0 Å². The molecule has 0 heterocycles. The first-order valence-electron chi connectivity index (χ1n) is 7.66. The highest BCUT2D eigenvalue weighted by Gasteiger charge is 2.47. The molecule has 0 amide bonds. The lowest BCUT2D eigenvalue weighted by Gasteiger charge is -2.30. The van der Waals surface area contributed by atoms with Gasteiger partial charge in [0, 0.05) is 19.1 Å². The van der Waals surface area contributed by atoms with E-state index in [0.717, 1.165) is 25.9 Å². The normalized spacial score (nSPS) is 27.1. The van der Waals surface area contributed by atoms with Crippen molar-refractivity contribution < 1.29 is 14.3 Å². The van der Waals surface area contributed by atoms with E-state index in [1.165, 1.54) is 7.11 Å². The van der Waals surface area contributed by atoms with Gasteiger partial charge in [-0.3, -0.25) is 10.1 Å². The van der Waals surface area contributed by atoms with Crippen molar-refractivity contribution in [3.63, 3.8) is 0 Å². The van der Waals surface area contributed by atoms with Crippen molar-refractivity contribution in [1.29, 1.82) is 0 Å². The first-order valence-corrected chi connectivity index (χ1v) is 7.66. The molecule has 1 saturated carbocycles. The Morgan fingerprint density at radius 3 is 2.55 bits per heavy atom. The van der Waals surface area contributed by atoms with Crippen molar-refractivity contribution in [3.05, 3.63) is 0 Å². The zero-order chi connectivity index (χ0) is 15.4. The number of nitrogens with one attached hydrogen (secondary N) is 1. The fraction of sp³-hybridized carbons (Fsp3) is 0.938. The maximum absolute atomic E-state index is 12.1. The van der Waals surface area contributed by atoms with Crippen molar-refractivity contribution in [2.24, 2.45) is 5.41 Å². The lowest BCUT2D eigenvalue weighted by atomic mass is 9.93. The minimum Gasteiger partial charge on any atom is -0.468 e. The Kier molecular flexibility index (Phi) is 6.02. The van der Waals surface area contributed by atoms with E-state index < -0.39 is 5.54 Å². The van der Waals surface area contributed by atoms with Crippen molar-refractivity contribution in [3.8, 4) is 0 Å². The molecule has 4 heteroatoms. The van der Waals surface area contributed by atoms with Crippen molar-refractivity contribution in [2.45, 2.75) is 78.0 Å². The van der Waals surface area contributed by atoms with Crippen LogP contribution in [0.3, 0.4) is 0 Å². The standard InChI is InChI=1S/C16H31NO3/c1-12(2)17-16(14(18)19-6)8-7-13(11-16)20-10-9-15(3,4)5/h12-13,17H,7-11H2,1-6H3. The van der Waals surface area contributed by atoms with Crippen LogP contribution in [0.4, 0.5) is 0 Å². The van der Waals surface area contributed by atoms with E-state index in [0.29, 0.717) is 6.42 Å². The quantitative estimate of drug-likeness (QED) is 0.762. The summed E-state index contributed by atoms with van der Waals surface area (Å²) < 4.78 is 11.0. The van der Waals surface area contributed by atoms with Gasteiger partial charge >= 0.3 is 5.97 Å². The number of rotatable bonds is 6. The zero-order valence-electron chi connectivity index (χ0n) is 13.9. The molecule has 0 radical (unpaired) electrons. The minimum absolute atomic E-state index is 0.155. The van der Waals surface area contributed by atoms with Gasteiger partial charge in [-0.15, -0.1) is 0 Å². The lowest BCUT2D eigenvalue weighted by Crippen LogP contribution is -2.53. The van der Waals surface area contributed by atoms with Crippen LogP contribution in [-0.2, 0) is 14.3 Å². The average Bonchev–Trinajstić information content (AvgIpc) is 2.70. The number of carbonyl (C=O) groups is 1. The summed E-state index contributed by atoms with van der Waals surface area (Å²) in [7, 11) is 1.46. The van der Waals surface area contributed by atoms with Crippen LogP contribution < -0.4 is 5.32 Å². The van der Waals surface area contributed by atoms with E-state index in [1.54, 1.807) is 0 Å². The van der Waals surface area contributed by atoms with Gasteiger partial charge < -0.3 is 9.47 Å². The molecular formula is C16H31NO3. The monoisotopic (exact) mass is 285 g/mol. The summed E-state index contributed by atoms with van der Waals surface area (Å²) >= 11 is 0. The maximum atomic E-state index is 12.1. The van der Waals surface area contributed by atoms with Gasteiger partial charge in [-0.25, -0.2) is 0 Å². The number of methoxy groups -OCH3 is 1. The van der Waals surface area contributed by atoms with Crippen LogP contribution in [0.2, 0.25) is 0 Å². The highest BCUT2D eigenvalue weighted by molar-refractivity contribution is 5.81. The number of carbonyl (C=O) groups excluding carboxylic acids is 1. The topological polar surface area (TPSA) is 47.6 Å². The van der Waals surface area contributed by atoms with E-state index in [2.05, 4.69) is 39.9 Å². The third-order valence-corrected chi connectivity index (χ3v) is 3.82. The lowest BCUT2D eigenvalue weighted by molar-refractivity contribution is -0.149. The van der Waals surface area contributed by atoms with Gasteiger partial charge in [0.05, 0.1) is 13.2 Å². The Bertz CT molecular complexity index is 322. The average molecular weight is 285 g/mol. The van der Waals surface area contributed by atoms with Crippen LogP contribution in [0.5, 0.6) is 0 Å². The van der Waals surface area contributed by atoms with Crippen LogP contribution in [0, 0.1) is 5.41 Å². The second-order valence-corrected chi connectivity index (χ2v) is 7.42. The number of esters is 1. The number of hydrogen-bond donors (Lipinski definition) is 1. The van der Waals surface area contributed by atoms with Gasteiger partial charge in [0.15, 0.2) is 0 Å². The van der Waals surface area contributed by atoms with E-state index >= 15 is 0 Å². The molecule has 0 saturated heterocycles. The Morgan fingerprint density at radius 2 is 2.05 bits per heavy atom. The summed E-state index contributed by atoms with van der Waals surface area (Å²) in [6.45, 7) is 11.5. The first-order chi connectivity index (χ1) is 9.18. The molecule has 0 spiro atoms. The first kappa shape index (κ1) is 17.4. The number of hydrogen-bond acceptors (Lipinski definition) is 4. The summed E-state index contributed by atoms with van der Waals surface area (Å²) in [6, 6.07) is 0.252. The molecule has 0 bridgehead atoms. The fourth-order valence-corrected chi connectivity index (χ4v) is 2.80. The minimum atomic E-state index is -0.560. The largest absolute Gasteiger partial charge is 0.468 e. The fourth-order valence-electron chi connectivity index (χ4n) is 2.80. The molecule has 0 aromatic carbocycles. The number of ether oxygens (including phenoxy) is 2. The predicted molar refractivity (Wildman–Crippen MR) is 80.7 cm³/mol. The summed E-state index contributed by atoms with van der Waals surface area (Å²) in [5.74, 6) is -0.159. The van der Waals surface area contributed by atoms with Crippen molar-refractivity contribution in [1.82, 2.24) is 5.32 Å². The molecule has 4 nitrogen and oxygen atoms in total. The zero-order valence-corrected chi connectivity index (χ0v) is 13.9. The Balaban J connectivity index is 2.54. The Labute approximate surface area is 123 Å². The molecule has 0 aromatic heterocycles. The molecular weight excluding hydrogens is 254 g/mol. The van der Waals surface area contributed by atoms with Gasteiger partial charge in [-0.2, -0.15) is 0 Å². The van der Waals surface area contributed by atoms with E-state index in [4.69, 9.17) is 9.47 Å². The second-order valence-electron chi connectivity index (χ2n) is 7.42. The van der Waals surface area contributed by atoms with Gasteiger partial charge in [-0.1, -0.05) is 20.8 Å². The summed E-state index contributed by atoms with van der Waals surface area (Å²) in [6.07, 6.45) is 3.61. The van der Waals surface area contributed by atoms with Gasteiger partial charge in [0.1, 0.15) is 5.54 Å². The molecule has 1 aliphatic carbocycles. The van der Waals surface area contributed by atoms with Crippen LogP contribution in [0.15, 0.2) is 0 Å². The Morgan fingerprint density at radius 1 is 1.40 bits per heavy atom. The van der Waals surface area contributed by atoms with Crippen LogP contribution in [0.25, 0.3) is 0 Å². The van der Waals surface area contributed by atoms with E-state index in [-0.39, 0.29) is 23.5 Å². The van der Waals surface area contributed by atoms with E-state index in [1.807, 2.05) is 0 Å². The maximum Gasteiger partial charge on any atom is 0.326 e. The third kappa shape index (κ3) is 5.06. The molecule has 0 aliphatic heterocycles. The van der Waals surface area contributed by atoms with Crippen LogP contribution >= 0.6 is 0 Å². The van der Waals surface area contributed by atoms with Crippen molar-refractivity contribution in [2.75, 3.05) is 13.7 Å². The van der Waals surface area contributed by atoms with E-state index in [9.17, 15) is 4.79 Å². The highest BCUT2D eigenvalue weighted by Crippen LogP contribution is 2.34. The molecule has 1 N–H and O–H groups in total. The van der Waals surface area contributed by atoms with Crippen molar-refractivity contribution >= 4 is 5.97 Å². The third-order valence-electron chi connectivity index (χ3n) is 3.82. The van der Waals surface area contributed by atoms with Crippen LogP contribution in [0.1, 0.15) is 60.3 Å². The molecule has 1 fully saturated rings. The molecule has 1 rings (SSSR count). The molecule has 2 unspecified atom stereocenters. The second kappa shape index (κ2) is 6.90. The Hall–Kier alpha value is -0.610. The molecule has 1 aliphatic rings. The molecule has 118 valence electrons. The predicted octanol–water partition coefficient (Wildman–Crippen LogP) is 2.90. The summed E-state index contributed by atoms with van der Waals surface area (Å²) in [4.78, 5) is 12.1. The van der Waals surface area contributed by atoms with Gasteiger partial charge in [-0.05, 0) is 38.5 Å². The highest BCUT2D eigenvalue weighted by atomic mass is 16.5.